The van der Waals surface area contributed by atoms with Crippen molar-refractivity contribution in [3.8, 4) is 11.8 Å². The van der Waals surface area contributed by atoms with E-state index in [4.69, 9.17) is 0 Å². The molecular weight excluding hydrogens is 322 g/mol. The van der Waals surface area contributed by atoms with Gasteiger partial charge in [-0.3, -0.25) is 0 Å². The van der Waals surface area contributed by atoms with E-state index in [1.807, 2.05) is 38.1 Å². The average molecular weight is 341 g/mol. The number of hydrogen-bond acceptors (Lipinski definition) is 3. The summed E-state index contributed by atoms with van der Waals surface area (Å²) in [6, 6.07) is 14.2. The number of aldehydes is 1. The molecule has 0 radical (unpaired) electrons. The van der Waals surface area contributed by atoms with Gasteiger partial charge in [0.05, 0.1) is 18.0 Å². The summed E-state index contributed by atoms with van der Waals surface area (Å²) >= 11 is 0. The van der Waals surface area contributed by atoms with Gasteiger partial charge in [-0.25, -0.2) is 8.42 Å². The van der Waals surface area contributed by atoms with E-state index >= 15 is 0 Å². The highest BCUT2D eigenvalue weighted by atomic mass is 32.2. The SMILES string of the molecule is Cc1ccc(C#CCN(CC=O)S(=O)(=O)c2ccc(C)cc2)cc1. The van der Waals surface area contributed by atoms with Crippen molar-refractivity contribution >= 4 is 16.3 Å². The van der Waals surface area contributed by atoms with Crippen LogP contribution in [0.15, 0.2) is 53.4 Å². The molecule has 0 N–H and O–H groups in total. The molecule has 124 valence electrons. The zero-order chi connectivity index (χ0) is 17.6. The van der Waals surface area contributed by atoms with Gasteiger partial charge in [0.2, 0.25) is 10.0 Å². The number of hydrogen-bond donors (Lipinski definition) is 0. The van der Waals surface area contributed by atoms with Gasteiger partial charge in [0.15, 0.2) is 0 Å². The molecule has 0 atom stereocenters. The lowest BCUT2D eigenvalue weighted by molar-refractivity contribution is -0.108. The molecular formula is C19H19NO3S. The first-order valence-corrected chi connectivity index (χ1v) is 8.93. The molecule has 0 unspecified atom stereocenters. The van der Waals surface area contributed by atoms with Gasteiger partial charge >= 0.3 is 0 Å². The number of carbonyl (C=O) groups is 1. The average Bonchev–Trinajstić information content (AvgIpc) is 2.56. The zero-order valence-electron chi connectivity index (χ0n) is 13.7. The quantitative estimate of drug-likeness (QED) is 0.620. The Morgan fingerprint density at radius 3 is 2.04 bits per heavy atom. The number of sulfonamides is 1. The van der Waals surface area contributed by atoms with Crippen molar-refractivity contribution in [2.75, 3.05) is 13.1 Å². The molecule has 2 aromatic carbocycles. The monoisotopic (exact) mass is 341 g/mol. The topological polar surface area (TPSA) is 54.5 Å². The minimum atomic E-state index is -3.74. The van der Waals surface area contributed by atoms with Crippen LogP contribution in [0.1, 0.15) is 16.7 Å². The van der Waals surface area contributed by atoms with Gasteiger partial charge in [-0.05, 0) is 38.1 Å². The number of benzene rings is 2. The van der Waals surface area contributed by atoms with Crippen molar-refractivity contribution in [3.05, 3.63) is 65.2 Å². The van der Waals surface area contributed by atoms with E-state index < -0.39 is 10.0 Å². The van der Waals surface area contributed by atoms with Crippen LogP contribution in [0, 0.1) is 25.7 Å². The maximum atomic E-state index is 12.6. The second-order valence-corrected chi connectivity index (χ2v) is 7.38. The highest BCUT2D eigenvalue weighted by Gasteiger charge is 2.23. The van der Waals surface area contributed by atoms with Gasteiger partial charge in [-0.1, -0.05) is 47.2 Å². The van der Waals surface area contributed by atoms with Crippen LogP contribution in [0.3, 0.4) is 0 Å². The fourth-order valence-electron chi connectivity index (χ4n) is 2.06. The molecule has 0 heterocycles. The predicted molar refractivity (Wildman–Crippen MR) is 94.1 cm³/mol. The maximum absolute atomic E-state index is 12.6. The molecule has 2 rings (SSSR count). The summed E-state index contributed by atoms with van der Waals surface area (Å²) in [7, 11) is -3.74. The molecule has 4 nitrogen and oxygen atoms in total. The smallest absolute Gasteiger partial charge is 0.244 e. The van der Waals surface area contributed by atoms with Crippen LogP contribution < -0.4 is 0 Å². The van der Waals surface area contributed by atoms with Gasteiger partial charge in [-0.2, -0.15) is 4.31 Å². The van der Waals surface area contributed by atoms with Crippen molar-refractivity contribution in [2.45, 2.75) is 18.7 Å². The van der Waals surface area contributed by atoms with E-state index in [-0.39, 0.29) is 18.0 Å². The maximum Gasteiger partial charge on any atom is 0.244 e. The predicted octanol–water partition coefficient (Wildman–Crippen LogP) is 2.54. The lowest BCUT2D eigenvalue weighted by Crippen LogP contribution is -2.33. The third-order valence-corrected chi connectivity index (χ3v) is 5.30. The van der Waals surface area contributed by atoms with E-state index in [0.29, 0.717) is 6.29 Å². The standard InChI is InChI=1S/C19H19NO3S/c1-16-5-9-18(10-6-16)4-3-13-20(14-15-21)24(22,23)19-11-7-17(2)8-12-19/h5-12,15H,13-14H2,1-2H3. The fourth-order valence-corrected chi connectivity index (χ4v) is 3.33. The molecule has 0 saturated heterocycles. The Balaban J connectivity index is 2.21. The van der Waals surface area contributed by atoms with E-state index in [0.717, 1.165) is 21.0 Å². The first kappa shape index (κ1) is 17.9. The Morgan fingerprint density at radius 1 is 0.958 bits per heavy atom. The number of aryl methyl sites for hydroxylation is 2. The molecule has 0 aliphatic rings. The minimum Gasteiger partial charge on any atom is -0.302 e. The lowest BCUT2D eigenvalue weighted by Gasteiger charge is -2.17. The van der Waals surface area contributed by atoms with Crippen LogP contribution in [0.25, 0.3) is 0 Å². The lowest BCUT2D eigenvalue weighted by atomic mass is 10.2. The van der Waals surface area contributed by atoms with Gasteiger partial charge in [-0.15, -0.1) is 0 Å². The Kier molecular flexibility index (Phi) is 5.91. The summed E-state index contributed by atoms with van der Waals surface area (Å²) in [5, 5.41) is 0. The Labute approximate surface area is 143 Å². The molecule has 5 heteroatoms. The molecule has 0 saturated carbocycles. The van der Waals surface area contributed by atoms with Gasteiger partial charge in [0.1, 0.15) is 6.29 Å². The Bertz CT molecular complexity index is 858. The highest BCUT2D eigenvalue weighted by Crippen LogP contribution is 2.15. The van der Waals surface area contributed by atoms with Gasteiger partial charge in [0, 0.05) is 5.56 Å². The van der Waals surface area contributed by atoms with E-state index in [1.54, 1.807) is 12.1 Å². The second kappa shape index (κ2) is 7.91. The molecule has 0 aliphatic carbocycles. The molecule has 0 spiro atoms. The molecule has 0 aliphatic heterocycles. The third-order valence-electron chi connectivity index (χ3n) is 3.48. The number of carbonyl (C=O) groups excluding carboxylic acids is 1. The molecule has 0 aromatic heterocycles. The van der Waals surface area contributed by atoms with E-state index in [9.17, 15) is 13.2 Å². The summed E-state index contributed by atoms with van der Waals surface area (Å²) in [5.74, 6) is 5.75. The van der Waals surface area contributed by atoms with Crippen LogP contribution in [0.2, 0.25) is 0 Å². The number of nitrogens with zero attached hydrogens (tertiary/aromatic N) is 1. The summed E-state index contributed by atoms with van der Waals surface area (Å²) < 4.78 is 26.3. The van der Waals surface area contributed by atoms with Gasteiger partial charge in [0.25, 0.3) is 0 Å². The van der Waals surface area contributed by atoms with Crippen LogP contribution in [-0.2, 0) is 14.8 Å². The van der Waals surface area contributed by atoms with Crippen molar-refractivity contribution in [1.29, 1.82) is 0 Å². The Morgan fingerprint density at radius 2 is 1.50 bits per heavy atom. The largest absolute Gasteiger partial charge is 0.302 e. The first-order chi connectivity index (χ1) is 11.4. The third kappa shape index (κ3) is 4.54. The fraction of sp³-hybridized carbons (Fsp3) is 0.211. The molecule has 2 aromatic rings. The summed E-state index contributed by atoms with van der Waals surface area (Å²) in [4.78, 5) is 11.0. The van der Waals surface area contributed by atoms with Crippen LogP contribution in [0.4, 0.5) is 0 Å². The Hall–Kier alpha value is -2.42. The van der Waals surface area contributed by atoms with Crippen LogP contribution in [-0.4, -0.2) is 32.1 Å². The second-order valence-electron chi connectivity index (χ2n) is 5.45. The first-order valence-electron chi connectivity index (χ1n) is 7.49. The van der Waals surface area contributed by atoms with Crippen molar-refractivity contribution in [3.63, 3.8) is 0 Å². The summed E-state index contributed by atoms with van der Waals surface area (Å²) in [5.41, 5.74) is 2.90. The van der Waals surface area contributed by atoms with E-state index in [2.05, 4.69) is 11.8 Å². The summed E-state index contributed by atoms with van der Waals surface area (Å²) in [6.07, 6.45) is 0.569. The van der Waals surface area contributed by atoms with Crippen LogP contribution in [0.5, 0.6) is 0 Å². The van der Waals surface area contributed by atoms with Crippen molar-refractivity contribution in [2.24, 2.45) is 0 Å². The summed E-state index contributed by atoms with van der Waals surface area (Å²) in [6.45, 7) is 3.60. The zero-order valence-corrected chi connectivity index (χ0v) is 14.5. The van der Waals surface area contributed by atoms with Crippen LogP contribution >= 0.6 is 0 Å². The van der Waals surface area contributed by atoms with E-state index in [1.165, 1.54) is 12.1 Å². The molecule has 0 fully saturated rings. The molecule has 24 heavy (non-hydrogen) atoms. The van der Waals surface area contributed by atoms with Crippen molar-refractivity contribution in [1.82, 2.24) is 4.31 Å². The highest BCUT2D eigenvalue weighted by molar-refractivity contribution is 7.89. The molecule has 0 amide bonds. The molecule has 0 bridgehead atoms. The van der Waals surface area contributed by atoms with Gasteiger partial charge < -0.3 is 4.79 Å². The minimum absolute atomic E-state index is 0.0389. The van der Waals surface area contributed by atoms with Crippen molar-refractivity contribution < 1.29 is 13.2 Å². The number of rotatable bonds is 5. The normalized spacial score (nSPS) is 11.0.